The molecule has 0 saturated heterocycles. The molecule has 0 saturated carbocycles. The van der Waals surface area contributed by atoms with Gasteiger partial charge in [0.2, 0.25) is 5.91 Å². The van der Waals surface area contributed by atoms with Crippen LogP contribution in [-0.2, 0) is 9.53 Å². The molecule has 1 unspecified atom stereocenters. The highest BCUT2D eigenvalue weighted by Gasteiger charge is 2.53. The zero-order chi connectivity index (χ0) is 13.7. The summed E-state index contributed by atoms with van der Waals surface area (Å²) in [7, 11) is 0. The van der Waals surface area contributed by atoms with E-state index in [1.54, 1.807) is 6.92 Å². The highest BCUT2D eigenvalue weighted by Crippen LogP contribution is 2.27. The van der Waals surface area contributed by atoms with Gasteiger partial charge in [0.25, 0.3) is 0 Å². The first-order valence-electron chi connectivity index (χ1n) is 4.95. The summed E-state index contributed by atoms with van der Waals surface area (Å²) in [6.45, 7) is 6.32. The van der Waals surface area contributed by atoms with Gasteiger partial charge in [-0.3, -0.25) is 4.79 Å². The van der Waals surface area contributed by atoms with E-state index < -0.39 is 17.6 Å². The Morgan fingerprint density at radius 3 is 2.41 bits per heavy atom. The largest absolute Gasteiger partial charge is 0.415 e. The van der Waals surface area contributed by atoms with Gasteiger partial charge in [0.15, 0.2) is 5.54 Å². The maximum atomic E-state index is 12.3. The molecule has 0 rings (SSSR count). The lowest BCUT2D eigenvalue weighted by Gasteiger charge is -2.26. The third kappa shape index (κ3) is 5.18. The van der Waals surface area contributed by atoms with Crippen LogP contribution in [0.3, 0.4) is 0 Å². The number of amides is 1. The summed E-state index contributed by atoms with van der Waals surface area (Å²) in [5.41, 5.74) is 2.81. The predicted molar refractivity (Wildman–Crippen MR) is 57.3 cm³/mol. The molecule has 0 radical (unpaired) electrons. The van der Waals surface area contributed by atoms with Crippen molar-refractivity contribution in [1.29, 1.82) is 0 Å². The number of halogens is 3. The Morgan fingerprint density at radius 1 is 1.47 bits per heavy atom. The molecule has 17 heavy (non-hydrogen) atoms. The fourth-order valence-corrected chi connectivity index (χ4v) is 0.795. The van der Waals surface area contributed by atoms with E-state index in [0.29, 0.717) is 13.5 Å². The van der Waals surface area contributed by atoms with Gasteiger partial charge in [-0.1, -0.05) is 12.2 Å². The van der Waals surface area contributed by atoms with Gasteiger partial charge < -0.3 is 15.8 Å². The van der Waals surface area contributed by atoms with E-state index in [4.69, 9.17) is 10.5 Å². The summed E-state index contributed by atoms with van der Waals surface area (Å²) in [6.07, 6.45) is -4.78. The number of rotatable bonds is 6. The third-order valence-electron chi connectivity index (χ3n) is 1.94. The number of carbonyl (C=O) groups is 1. The molecular formula is C10H17F3N2O2. The van der Waals surface area contributed by atoms with Gasteiger partial charge in [0.05, 0.1) is 13.2 Å². The van der Waals surface area contributed by atoms with Crippen LogP contribution in [0.2, 0.25) is 0 Å². The summed E-state index contributed by atoms with van der Waals surface area (Å²) < 4.78 is 42.0. The maximum Gasteiger partial charge on any atom is 0.415 e. The van der Waals surface area contributed by atoms with Crippen molar-refractivity contribution >= 4 is 5.91 Å². The highest BCUT2D eigenvalue weighted by atomic mass is 19.4. The van der Waals surface area contributed by atoms with E-state index in [1.807, 2.05) is 0 Å². The van der Waals surface area contributed by atoms with Crippen LogP contribution < -0.4 is 11.1 Å². The first-order valence-corrected chi connectivity index (χ1v) is 4.95. The van der Waals surface area contributed by atoms with Crippen molar-refractivity contribution in [3.63, 3.8) is 0 Å². The molecule has 3 N–H and O–H groups in total. The molecule has 0 aliphatic heterocycles. The normalized spacial score (nSPS) is 15.2. The second-order valence-electron chi connectivity index (χ2n) is 3.97. The molecule has 0 bridgehead atoms. The van der Waals surface area contributed by atoms with Gasteiger partial charge in [0, 0.05) is 6.54 Å². The van der Waals surface area contributed by atoms with Crippen LogP contribution in [0.1, 0.15) is 13.8 Å². The van der Waals surface area contributed by atoms with Crippen molar-refractivity contribution in [3.05, 3.63) is 12.2 Å². The third-order valence-corrected chi connectivity index (χ3v) is 1.94. The first-order chi connectivity index (χ1) is 7.59. The number of nitrogens with two attached hydrogens (primary N) is 1. The fourth-order valence-electron chi connectivity index (χ4n) is 0.795. The average Bonchev–Trinajstić information content (AvgIpc) is 2.14. The molecule has 0 aromatic heterocycles. The van der Waals surface area contributed by atoms with E-state index >= 15 is 0 Å². The zero-order valence-corrected chi connectivity index (χ0v) is 9.86. The lowest BCUT2D eigenvalue weighted by molar-refractivity contribution is -0.187. The minimum Gasteiger partial charge on any atom is -0.375 e. The number of hydrogen-bond acceptors (Lipinski definition) is 3. The van der Waals surface area contributed by atoms with Crippen LogP contribution >= 0.6 is 0 Å². The van der Waals surface area contributed by atoms with Crippen LogP contribution in [0, 0.1) is 0 Å². The molecule has 100 valence electrons. The Morgan fingerprint density at radius 2 is 2.00 bits per heavy atom. The molecule has 7 heteroatoms. The van der Waals surface area contributed by atoms with E-state index in [1.165, 1.54) is 0 Å². The molecule has 0 aliphatic rings. The quantitative estimate of drug-likeness (QED) is 0.548. The van der Waals surface area contributed by atoms with Crippen LogP contribution in [0.5, 0.6) is 0 Å². The van der Waals surface area contributed by atoms with Crippen molar-refractivity contribution in [3.8, 4) is 0 Å². The molecule has 1 amide bonds. The molecular weight excluding hydrogens is 237 g/mol. The predicted octanol–water partition coefficient (Wildman–Crippen LogP) is 0.975. The number of ether oxygens (including phenoxy) is 1. The summed E-state index contributed by atoms with van der Waals surface area (Å²) in [4.78, 5) is 11.2. The summed E-state index contributed by atoms with van der Waals surface area (Å²) in [6, 6.07) is 0. The Bertz CT molecular complexity index is 288. The van der Waals surface area contributed by atoms with Crippen molar-refractivity contribution in [2.24, 2.45) is 5.73 Å². The summed E-state index contributed by atoms with van der Waals surface area (Å²) in [5.74, 6) is -1.27. The molecule has 4 nitrogen and oxygen atoms in total. The second kappa shape index (κ2) is 6.02. The minimum absolute atomic E-state index is 0.0328. The van der Waals surface area contributed by atoms with E-state index in [-0.39, 0.29) is 13.2 Å². The van der Waals surface area contributed by atoms with Gasteiger partial charge in [0.1, 0.15) is 0 Å². The number of alkyl halides is 3. The van der Waals surface area contributed by atoms with Crippen LogP contribution in [0.25, 0.3) is 0 Å². The van der Waals surface area contributed by atoms with Gasteiger partial charge in [-0.05, 0) is 13.8 Å². The van der Waals surface area contributed by atoms with Crippen molar-refractivity contribution in [2.45, 2.75) is 25.6 Å². The Kier molecular flexibility index (Phi) is 5.63. The fraction of sp³-hybridized carbons (Fsp3) is 0.700. The SMILES string of the molecule is C=C(C)COCCNC(=O)C(C)(N)C(F)(F)F. The van der Waals surface area contributed by atoms with Crippen LogP contribution in [-0.4, -0.2) is 37.4 Å². The number of hydrogen-bond donors (Lipinski definition) is 2. The Hall–Kier alpha value is -1.08. The van der Waals surface area contributed by atoms with Gasteiger partial charge in [-0.25, -0.2) is 0 Å². The first kappa shape index (κ1) is 15.9. The van der Waals surface area contributed by atoms with E-state index in [0.717, 1.165) is 5.57 Å². The van der Waals surface area contributed by atoms with Crippen molar-refractivity contribution in [1.82, 2.24) is 5.32 Å². The molecule has 0 fully saturated rings. The smallest absolute Gasteiger partial charge is 0.375 e. The minimum atomic E-state index is -4.78. The molecule has 1 atom stereocenters. The van der Waals surface area contributed by atoms with Crippen molar-refractivity contribution in [2.75, 3.05) is 19.8 Å². The van der Waals surface area contributed by atoms with Gasteiger partial charge >= 0.3 is 6.18 Å². The molecule has 0 spiro atoms. The number of nitrogens with one attached hydrogen (secondary N) is 1. The zero-order valence-electron chi connectivity index (χ0n) is 9.86. The maximum absolute atomic E-state index is 12.3. The molecule has 0 aromatic rings. The number of carbonyl (C=O) groups excluding carboxylic acids is 1. The van der Waals surface area contributed by atoms with Crippen LogP contribution in [0.4, 0.5) is 13.2 Å². The summed E-state index contributed by atoms with van der Waals surface area (Å²) >= 11 is 0. The lowest BCUT2D eigenvalue weighted by atomic mass is 10.0. The topological polar surface area (TPSA) is 64.3 Å². The Balaban J connectivity index is 3.99. The highest BCUT2D eigenvalue weighted by molar-refractivity contribution is 5.86. The monoisotopic (exact) mass is 254 g/mol. The molecule has 0 heterocycles. The molecule has 0 aliphatic carbocycles. The summed E-state index contributed by atoms with van der Waals surface area (Å²) in [5, 5.41) is 2.06. The lowest BCUT2D eigenvalue weighted by Crippen LogP contribution is -2.61. The second-order valence-corrected chi connectivity index (χ2v) is 3.97. The van der Waals surface area contributed by atoms with E-state index in [2.05, 4.69) is 11.9 Å². The van der Waals surface area contributed by atoms with E-state index in [9.17, 15) is 18.0 Å². The standard InChI is InChI=1S/C10H17F3N2O2/c1-7(2)6-17-5-4-15-8(16)9(3,14)10(11,12)13/h1,4-6,14H2,2-3H3,(H,15,16). The van der Waals surface area contributed by atoms with Crippen molar-refractivity contribution < 1.29 is 22.7 Å². The molecule has 0 aromatic carbocycles. The van der Waals surface area contributed by atoms with Gasteiger partial charge in [-0.15, -0.1) is 0 Å². The van der Waals surface area contributed by atoms with Crippen LogP contribution in [0.15, 0.2) is 12.2 Å². The van der Waals surface area contributed by atoms with Gasteiger partial charge in [-0.2, -0.15) is 13.2 Å². The Labute approximate surface area is 98.0 Å². The average molecular weight is 254 g/mol.